The molecule has 1 N–H and O–H groups in total. The second-order valence-electron chi connectivity index (χ2n) is 7.41. The highest BCUT2D eigenvalue weighted by molar-refractivity contribution is 7.90. The van der Waals surface area contributed by atoms with E-state index in [0.29, 0.717) is 11.3 Å². The van der Waals surface area contributed by atoms with Crippen LogP contribution in [0.4, 0.5) is 8.78 Å². The van der Waals surface area contributed by atoms with Gasteiger partial charge in [-0.3, -0.25) is 9.59 Å². The number of amides is 1. The largest absolute Gasteiger partial charge is 0.373 e. The maximum absolute atomic E-state index is 14.0. The number of nitrogens with zero attached hydrogens (tertiary/aromatic N) is 1. The highest BCUT2D eigenvalue weighted by Gasteiger charge is 2.31. The molecule has 0 aliphatic carbocycles. The van der Waals surface area contributed by atoms with Crippen molar-refractivity contribution in [2.45, 2.75) is 17.5 Å². The Morgan fingerprint density at radius 1 is 1.16 bits per heavy atom. The number of likely N-dealkylation sites (N-methyl/N-ethyl adjacent to an activating group) is 1. The fourth-order valence-electron chi connectivity index (χ4n) is 3.75. The fourth-order valence-corrected chi connectivity index (χ4v) is 4.42. The topological polar surface area (TPSA) is 96.5 Å². The number of carbonyl (C=O) groups is 1. The molecule has 0 bridgehead atoms. The van der Waals surface area contributed by atoms with Crippen LogP contribution in [0.3, 0.4) is 0 Å². The predicted molar refractivity (Wildman–Crippen MR) is 109 cm³/mol. The Morgan fingerprint density at radius 2 is 1.84 bits per heavy atom. The molecule has 3 aromatic rings. The second kappa shape index (κ2) is 7.54. The van der Waals surface area contributed by atoms with Gasteiger partial charge in [-0.25, -0.2) is 17.2 Å². The van der Waals surface area contributed by atoms with Gasteiger partial charge in [0.05, 0.1) is 29.5 Å². The molecule has 7 nitrogen and oxygen atoms in total. The Morgan fingerprint density at radius 3 is 2.52 bits per heavy atom. The fraction of sp³-hybridized carbons (Fsp3) is 0.238. The van der Waals surface area contributed by atoms with Gasteiger partial charge in [0.15, 0.2) is 21.5 Å². The van der Waals surface area contributed by atoms with Gasteiger partial charge in [0.2, 0.25) is 0 Å². The average molecular weight is 448 g/mol. The van der Waals surface area contributed by atoms with Crippen molar-refractivity contribution in [2.24, 2.45) is 0 Å². The first-order valence-electron chi connectivity index (χ1n) is 9.26. The number of hydrogen-bond donors (Lipinski definition) is 1. The average Bonchev–Trinajstić information content (AvgIpc) is 2.73. The quantitative estimate of drug-likeness (QED) is 0.664. The highest BCUT2D eigenvalue weighted by Crippen LogP contribution is 2.34. The Kier molecular flexibility index (Phi) is 5.14. The SMILES string of the molecule is CN(C(=O)c1cccc(S(C)(=O)=O)c1)[C@@H]1COCc2[nH]c(=O)c3cc(F)c(F)cc3c21. The number of benzene rings is 2. The summed E-state index contributed by atoms with van der Waals surface area (Å²) in [6, 6.07) is 6.67. The minimum absolute atomic E-state index is 0.000583. The molecule has 0 spiro atoms. The van der Waals surface area contributed by atoms with Gasteiger partial charge in [-0.05, 0) is 35.7 Å². The molecule has 10 heteroatoms. The van der Waals surface area contributed by atoms with Crippen LogP contribution < -0.4 is 5.56 Å². The number of sulfone groups is 1. The van der Waals surface area contributed by atoms with Crippen LogP contribution in [0.25, 0.3) is 10.8 Å². The van der Waals surface area contributed by atoms with Gasteiger partial charge in [-0.15, -0.1) is 0 Å². The summed E-state index contributed by atoms with van der Waals surface area (Å²) < 4.78 is 56.9. The van der Waals surface area contributed by atoms with Crippen LogP contribution >= 0.6 is 0 Å². The molecule has 1 aliphatic rings. The standard InChI is InChI=1S/C21H18F2N2O5S/c1-25(21(27)11-4-3-5-12(6-11)31(2,28)29)18-10-30-9-17-19(18)13-7-15(22)16(23)8-14(13)20(26)24-17/h3-8,18H,9-10H2,1-2H3,(H,24,26)/t18-/m1/s1. The van der Waals surface area contributed by atoms with Crippen molar-refractivity contribution >= 4 is 26.5 Å². The van der Waals surface area contributed by atoms with Gasteiger partial charge in [0, 0.05) is 30.1 Å². The lowest BCUT2D eigenvalue weighted by molar-refractivity contribution is 0.0335. The summed E-state index contributed by atoms with van der Waals surface area (Å²) in [5.41, 5.74) is 0.370. The number of pyridine rings is 1. The van der Waals surface area contributed by atoms with E-state index in [9.17, 15) is 26.8 Å². The van der Waals surface area contributed by atoms with Gasteiger partial charge in [-0.2, -0.15) is 0 Å². The molecule has 0 saturated heterocycles. The molecule has 0 radical (unpaired) electrons. The van der Waals surface area contributed by atoms with Crippen LogP contribution in [0.2, 0.25) is 0 Å². The normalized spacial score (nSPS) is 16.2. The molecule has 1 aliphatic heterocycles. The lowest BCUT2D eigenvalue weighted by atomic mass is 9.95. The molecular weight excluding hydrogens is 430 g/mol. The zero-order chi connectivity index (χ0) is 22.5. The number of aromatic amines is 1. The monoisotopic (exact) mass is 448 g/mol. The lowest BCUT2D eigenvalue weighted by Crippen LogP contribution is -2.37. The van der Waals surface area contributed by atoms with Gasteiger partial charge in [0.1, 0.15) is 0 Å². The van der Waals surface area contributed by atoms with E-state index in [1.54, 1.807) is 0 Å². The zero-order valence-corrected chi connectivity index (χ0v) is 17.4. The van der Waals surface area contributed by atoms with E-state index >= 15 is 0 Å². The van der Waals surface area contributed by atoms with Crippen LogP contribution in [0, 0.1) is 11.6 Å². The molecule has 4 rings (SSSR count). The predicted octanol–water partition coefficient (Wildman–Crippen LogP) is 2.55. The van der Waals surface area contributed by atoms with Crippen molar-refractivity contribution in [3.8, 4) is 0 Å². The molecule has 2 heterocycles. The lowest BCUT2D eigenvalue weighted by Gasteiger charge is -2.34. The number of hydrogen-bond acceptors (Lipinski definition) is 5. The molecule has 1 atom stereocenters. The number of fused-ring (bicyclic) bond motifs is 3. The summed E-state index contributed by atoms with van der Waals surface area (Å²) in [7, 11) is -2.02. The number of halogens is 2. The van der Waals surface area contributed by atoms with Gasteiger partial charge < -0.3 is 14.6 Å². The van der Waals surface area contributed by atoms with E-state index in [-0.39, 0.29) is 34.4 Å². The summed E-state index contributed by atoms with van der Waals surface area (Å²) in [4.78, 5) is 29.4. The third kappa shape index (κ3) is 3.72. The Hall–Kier alpha value is -3.11. The number of nitrogens with one attached hydrogen (secondary N) is 1. The summed E-state index contributed by atoms with van der Waals surface area (Å²) in [5, 5.41) is 0.153. The summed E-state index contributed by atoms with van der Waals surface area (Å²) in [6.07, 6.45) is 1.04. The van der Waals surface area contributed by atoms with Gasteiger partial charge >= 0.3 is 0 Å². The number of H-pyrrole nitrogens is 1. The smallest absolute Gasteiger partial charge is 0.256 e. The van der Waals surface area contributed by atoms with Gasteiger partial charge in [0.25, 0.3) is 11.5 Å². The molecule has 31 heavy (non-hydrogen) atoms. The first-order chi connectivity index (χ1) is 14.6. The van der Waals surface area contributed by atoms with Crippen molar-refractivity contribution in [1.82, 2.24) is 9.88 Å². The third-order valence-electron chi connectivity index (χ3n) is 5.34. The Balaban J connectivity index is 1.83. The maximum atomic E-state index is 14.0. The van der Waals surface area contributed by atoms with E-state index < -0.39 is 39.0 Å². The van der Waals surface area contributed by atoms with E-state index in [1.807, 2.05) is 0 Å². The van der Waals surface area contributed by atoms with Crippen molar-refractivity contribution in [2.75, 3.05) is 19.9 Å². The molecule has 0 fully saturated rings. The van der Waals surface area contributed by atoms with Gasteiger partial charge in [-0.1, -0.05) is 6.07 Å². The molecule has 0 unspecified atom stereocenters. The van der Waals surface area contributed by atoms with Crippen LogP contribution in [0.5, 0.6) is 0 Å². The van der Waals surface area contributed by atoms with Crippen molar-refractivity contribution < 1.29 is 26.7 Å². The zero-order valence-electron chi connectivity index (χ0n) is 16.6. The first-order valence-corrected chi connectivity index (χ1v) is 11.2. The van der Waals surface area contributed by atoms with Crippen molar-refractivity contribution in [3.05, 3.63) is 75.2 Å². The molecular formula is C21H18F2N2O5S. The molecule has 2 aromatic carbocycles. The highest BCUT2D eigenvalue weighted by atomic mass is 32.2. The van der Waals surface area contributed by atoms with E-state index in [2.05, 4.69) is 4.98 Å². The minimum Gasteiger partial charge on any atom is -0.373 e. The van der Waals surface area contributed by atoms with Crippen molar-refractivity contribution in [3.63, 3.8) is 0 Å². The Labute approximate surface area is 176 Å². The number of aromatic nitrogens is 1. The number of rotatable bonds is 3. The van der Waals surface area contributed by atoms with E-state index in [4.69, 9.17) is 4.74 Å². The van der Waals surface area contributed by atoms with E-state index in [1.165, 1.54) is 36.2 Å². The molecule has 1 amide bonds. The molecule has 162 valence electrons. The third-order valence-corrected chi connectivity index (χ3v) is 6.45. The van der Waals surface area contributed by atoms with Crippen LogP contribution in [-0.2, 0) is 21.2 Å². The van der Waals surface area contributed by atoms with Crippen LogP contribution in [0.1, 0.15) is 27.7 Å². The minimum atomic E-state index is -3.51. The summed E-state index contributed by atoms with van der Waals surface area (Å²) in [6.45, 7) is 0.0999. The van der Waals surface area contributed by atoms with Crippen molar-refractivity contribution in [1.29, 1.82) is 0 Å². The second-order valence-corrected chi connectivity index (χ2v) is 9.42. The maximum Gasteiger partial charge on any atom is 0.256 e. The van der Waals surface area contributed by atoms with E-state index in [0.717, 1.165) is 18.4 Å². The summed E-state index contributed by atoms with van der Waals surface area (Å²) >= 11 is 0. The van der Waals surface area contributed by atoms with Crippen LogP contribution in [-0.4, -0.2) is 44.1 Å². The van der Waals surface area contributed by atoms with Crippen LogP contribution in [0.15, 0.2) is 46.1 Å². The molecule has 1 aromatic heterocycles. The summed E-state index contributed by atoms with van der Waals surface area (Å²) in [5.74, 6) is -2.75. The first kappa shape index (κ1) is 21.1. The Bertz CT molecular complexity index is 1380. The number of ether oxygens (including phenoxy) is 1. The number of carbonyl (C=O) groups excluding carboxylic acids is 1. The molecule has 0 saturated carbocycles.